The molecule has 0 saturated carbocycles. The fraction of sp³-hybridized carbons (Fsp3) is 0.0714. The Morgan fingerprint density at radius 1 is 1.17 bits per heavy atom. The maximum Gasteiger partial charge on any atom is 0.199 e. The molecule has 2 aromatic carbocycles. The Balaban J connectivity index is 2.64. The molecule has 18 heavy (non-hydrogen) atoms. The lowest BCUT2D eigenvalue weighted by Crippen LogP contribution is -2.08. The van der Waals surface area contributed by atoms with Gasteiger partial charge in [0.2, 0.25) is 0 Å². The van der Waals surface area contributed by atoms with E-state index in [1.165, 1.54) is 0 Å². The van der Waals surface area contributed by atoms with Crippen LogP contribution < -0.4 is 16.5 Å². The molecule has 0 aliphatic heterocycles. The summed E-state index contributed by atoms with van der Waals surface area (Å²) >= 11 is 0. The van der Waals surface area contributed by atoms with Crippen molar-refractivity contribution in [2.45, 2.75) is 0 Å². The minimum Gasteiger partial charge on any atom is -0.397 e. The summed E-state index contributed by atoms with van der Waals surface area (Å²) < 4.78 is 0. The normalized spacial score (nSPS) is 10.9. The maximum absolute atomic E-state index is 12.5. The molecule has 4 N–H and O–H groups in total. The molecule has 0 unspecified atom stereocenters. The van der Waals surface area contributed by atoms with Crippen LogP contribution in [0.1, 0.15) is 0 Å². The van der Waals surface area contributed by atoms with Crippen molar-refractivity contribution in [3.05, 3.63) is 46.6 Å². The molecule has 0 saturated heterocycles. The fourth-order valence-electron chi connectivity index (χ4n) is 2.26. The van der Waals surface area contributed by atoms with Gasteiger partial charge in [0.1, 0.15) is 0 Å². The number of pyridine rings is 1. The molecule has 0 atom stereocenters. The number of nitrogens with one attached hydrogen (secondary N) is 2. The number of anilines is 2. The number of fused-ring (bicyclic) bond motifs is 2. The summed E-state index contributed by atoms with van der Waals surface area (Å²) in [5, 5.41) is 4.31. The van der Waals surface area contributed by atoms with Gasteiger partial charge in [-0.25, -0.2) is 0 Å². The summed E-state index contributed by atoms with van der Waals surface area (Å²) in [6.07, 6.45) is 0. The van der Waals surface area contributed by atoms with E-state index in [0.29, 0.717) is 22.0 Å². The number of H-pyrrole nitrogens is 1. The zero-order valence-electron chi connectivity index (χ0n) is 9.95. The van der Waals surface area contributed by atoms with Gasteiger partial charge in [-0.05, 0) is 24.3 Å². The maximum atomic E-state index is 12.5. The van der Waals surface area contributed by atoms with Crippen molar-refractivity contribution in [3.63, 3.8) is 0 Å². The molecular weight excluding hydrogens is 226 g/mol. The number of hydrogen-bond donors (Lipinski definition) is 3. The lowest BCUT2D eigenvalue weighted by atomic mass is 10.1. The number of hydrogen-bond acceptors (Lipinski definition) is 3. The second-order valence-corrected chi connectivity index (χ2v) is 4.20. The van der Waals surface area contributed by atoms with Crippen molar-refractivity contribution in [1.82, 2.24) is 4.98 Å². The van der Waals surface area contributed by atoms with Crippen LogP contribution in [-0.4, -0.2) is 12.0 Å². The van der Waals surface area contributed by atoms with Crippen molar-refractivity contribution in [2.75, 3.05) is 18.1 Å². The largest absolute Gasteiger partial charge is 0.397 e. The first-order valence-electron chi connectivity index (χ1n) is 5.73. The molecular formula is C14H13N3O. The summed E-state index contributed by atoms with van der Waals surface area (Å²) in [7, 11) is 1.79. The first-order valence-corrected chi connectivity index (χ1v) is 5.73. The molecule has 0 fully saturated rings. The van der Waals surface area contributed by atoms with E-state index in [9.17, 15) is 4.79 Å². The van der Waals surface area contributed by atoms with Crippen LogP contribution in [0.15, 0.2) is 41.2 Å². The molecule has 0 bridgehead atoms. The summed E-state index contributed by atoms with van der Waals surface area (Å²) in [6.45, 7) is 0. The summed E-state index contributed by atoms with van der Waals surface area (Å²) in [5.74, 6) is 0. The van der Waals surface area contributed by atoms with E-state index in [-0.39, 0.29) is 5.43 Å². The quantitative estimate of drug-likeness (QED) is 0.451. The zero-order chi connectivity index (χ0) is 12.7. The zero-order valence-corrected chi connectivity index (χ0v) is 9.95. The standard InChI is InChI=1S/C14H13N3O/c1-16-11-7-6-9(15)13-12(11)14(18)8-4-2-3-5-10(8)17-13/h2-7,16H,15H2,1H3,(H,17,18). The summed E-state index contributed by atoms with van der Waals surface area (Å²) in [5.41, 5.74) is 8.78. The van der Waals surface area contributed by atoms with Crippen molar-refractivity contribution in [1.29, 1.82) is 0 Å². The first-order chi connectivity index (χ1) is 8.72. The lowest BCUT2D eigenvalue weighted by Gasteiger charge is -2.09. The van der Waals surface area contributed by atoms with E-state index >= 15 is 0 Å². The fourth-order valence-corrected chi connectivity index (χ4v) is 2.26. The second-order valence-electron chi connectivity index (χ2n) is 4.20. The van der Waals surface area contributed by atoms with Crippen LogP contribution >= 0.6 is 0 Å². The smallest absolute Gasteiger partial charge is 0.199 e. The van der Waals surface area contributed by atoms with Crippen LogP contribution in [-0.2, 0) is 0 Å². The van der Waals surface area contributed by atoms with Crippen LogP contribution in [0.25, 0.3) is 21.8 Å². The van der Waals surface area contributed by atoms with E-state index in [1.807, 2.05) is 30.3 Å². The Kier molecular flexibility index (Phi) is 2.23. The van der Waals surface area contributed by atoms with Crippen LogP contribution in [0.5, 0.6) is 0 Å². The monoisotopic (exact) mass is 239 g/mol. The number of nitrogens with two attached hydrogens (primary N) is 1. The Labute approximate surface area is 103 Å². The molecule has 90 valence electrons. The number of benzene rings is 2. The van der Waals surface area contributed by atoms with Crippen LogP contribution in [0.3, 0.4) is 0 Å². The van der Waals surface area contributed by atoms with E-state index in [4.69, 9.17) is 5.73 Å². The average Bonchev–Trinajstić information content (AvgIpc) is 2.40. The van der Waals surface area contributed by atoms with Crippen molar-refractivity contribution >= 4 is 33.2 Å². The third-order valence-electron chi connectivity index (χ3n) is 3.17. The Morgan fingerprint density at radius 2 is 1.94 bits per heavy atom. The van der Waals surface area contributed by atoms with Gasteiger partial charge in [0.25, 0.3) is 0 Å². The SMILES string of the molecule is CNc1ccc(N)c2[nH]c3ccccc3c(=O)c12. The highest BCUT2D eigenvalue weighted by molar-refractivity contribution is 6.03. The van der Waals surface area contributed by atoms with E-state index < -0.39 is 0 Å². The third kappa shape index (κ3) is 1.35. The Morgan fingerprint density at radius 3 is 2.72 bits per heavy atom. The molecule has 0 aliphatic rings. The van der Waals surface area contributed by atoms with Gasteiger partial charge in [0.15, 0.2) is 5.43 Å². The molecule has 1 heterocycles. The minimum absolute atomic E-state index is 0.00370. The van der Waals surface area contributed by atoms with Crippen LogP contribution in [0.2, 0.25) is 0 Å². The van der Waals surface area contributed by atoms with Gasteiger partial charge in [-0.3, -0.25) is 4.79 Å². The topological polar surface area (TPSA) is 70.9 Å². The van der Waals surface area contributed by atoms with Gasteiger partial charge in [-0.1, -0.05) is 12.1 Å². The van der Waals surface area contributed by atoms with Crippen molar-refractivity contribution in [3.8, 4) is 0 Å². The lowest BCUT2D eigenvalue weighted by molar-refractivity contribution is 1.46. The van der Waals surface area contributed by atoms with Gasteiger partial charge in [0.05, 0.1) is 16.6 Å². The molecule has 3 rings (SSSR count). The Hall–Kier alpha value is -2.49. The van der Waals surface area contributed by atoms with Crippen LogP contribution in [0.4, 0.5) is 11.4 Å². The molecule has 1 aromatic heterocycles. The molecule has 0 aliphatic carbocycles. The molecule has 4 nitrogen and oxygen atoms in total. The van der Waals surface area contributed by atoms with Crippen molar-refractivity contribution in [2.24, 2.45) is 0 Å². The molecule has 3 aromatic rings. The van der Waals surface area contributed by atoms with Crippen LogP contribution in [0, 0.1) is 0 Å². The highest BCUT2D eigenvalue weighted by Crippen LogP contribution is 2.25. The number of rotatable bonds is 1. The molecule has 0 radical (unpaired) electrons. The Bertz CT molecular complexity index is 805. The van der Waals surface area contributed by atoms with E-state index in [1.54, 1.807) is 13.1 Å². The van der Waals surface area contributed by atoms with Gasteiger partial charge in [-0.2, -0.15) is 0 Å². The van der Waals surface area contributed by atoms with Gasteiger partial charge in [-0.15, -0.1) is 0 Å². The number of para-hydroxylation sites is 1. The first kappa shape index (κ1) is 10.7. The van der Waals surface area contributed by atoms with Crippen molar-refractivity contribution < 1.29 is 0 Å². The van der Waals surface area contributed by atoms with E-state index in [0.717, 1.165) is 11.2 Å². The predicted octanol–water partition coefficient (Wildman–Crippen LogP) is 2.31. The molecule has 0 spiro atoms. The van der Waals surface area contributed by atoms with Gasteiger partial charge >= 0.3 is 0 Å². The summed E-state index contributed by atoms with van der Waals surface area (Å²) in [6, 6.07) is 11.1. The predicted molar refractivity (Wildman–Crippen MR) is 76.0 cm³/mol. The summed E-state index contributed by atoms with van der Waals surface area (Å²) in [4.78, 5) is 15.7. The number of nitrogen functional groups attached to an aromatic ring is 1. The third-order valence-corrected chi connectivity index (χ3v) is 3.17. The highest BCUT2D eigenvalue weighted by atomic mass is 16.1. The van der Waals surface area contributed by atoms with E-state index in [2.05, 4.69) is 10.3 Å². The second kappa shape index (κ2) is 3.77. The molecule has 0 amide bonds. The number of aromatic amines is 1. The number of aromatic nitrogens is 1. The van der Waals surface area contributed by atoms with Gasteiger partial charge in [0, 0.05) is 23.6 Å². The van der Waals surface area contributed by atoms with Gasteiger partial charge < -0.3 is 16.0 Å². The minimum atomic E-state index is -0.00370. The average molecular weight is 239 g/mol. The highest BCUT2D eigenvalue weighted by Gasteiger charge is 2.10. The molecule has 4 heteroatoms.